The van der Waals surface area contributed by atoms with E-state index >= 15 is 0 Å². The molecule has 0 saturated carbocycles. The first-order valence-corrected chi connectivity index (χ1v) is 4.77. The second-order valence-corrected chi connectivity index (χ2v) is 3.62. The van der Waals surface area contributed by atoms with Crippen molar-refractivity contribution >= 4 is 29.3 Å². The van der Waals surface area contributed by atoms with Crippen LogP contribution in [0.1, 0.15) is 6.92 Å². The smallest absolute Gasteiger partial charge is 0.422 e. The number of rotatable bonds is 1. The number of cyclic esters (lactones) is 1. The molecule has 78 valence electrons. The Hall–Kier alpha value is -1.55. The molecular weight excluding hydrogens is 218 g/mol. The number of hydrogen-bond donors (Lipinski definition) is 0. The van der Waals surface area contributed by atoms with Crippen molar-refractivity contribution in [1.29, 1.82) is 0 Å². The molecule has 1 aromatic carbocycles. The van der Waals surface area contributed by atoms with Gasteiger partial charge in [-0.2, -0.15) is 0 Å². The van der Waals surface area contributed by atoms with E-state index in [-0.39, 0.29) is 5.91 Å². The van der Waals surface area contributed by atoms with Gasteiger partial charge in [0.05, 0.1) is 5.69 Å². The van der Waals surface area contributed by atoms with E-state index in [2.05, 4.69) is 0 Å². The Morgan fingerprint density at radius 1 is 1.40 bits per heavy atom. The van der Waals surface area contributed by atoms with Gasteiger partial charge in [0.2, 0.25) is 0 Å². The van der Waals surface area contributed by atoms with E-state index in [1.165, 1.54) is 6.92 Å². The number of benzene rings is 1. The van der Waals surface area contributed by atoms with Crippen LogP contribution in [0.3, 0.4) is 0 Å². The summed E-state index contributed by atoms with van der Waals surface area (Å²) in [6.45, 7) is 1.53. The highest BCUT2D eigenvalue weighted by Crippen LogP contribution is 2.24. The van der Waals surface area contributed by atoms with Crippen molar-refractivity contribution in [3.63, 3.8) is 0 Å². The van der Waals surface area contributed by atoms with Crippen molar-refractivity contribution in [1.82, 2.24) is 0 Å². The Morgan fingerprint density at radius 3 is 2.67 bits per heavy atom. The van der Waals surface area contributed by atoms with Gasteiger partial charge in [0.15, 0.2) is 6.10 Å². The van der Waals surface area contributed by atoms with Crippen molar-refractivity contribution in [2.45, 2.75) is 13.0 Å². The van der Waals surface area contributed by atoms with Crippen LogP contribution < -0.4 is 4.90 Å². The van der Waals surface area contributed by atoms with Crippen LogP contribution in [0.4, 0.5) is 10.5 Å². The predicted octanol–water partition coefficient (Wildman–Crippen LogP) is 2.21. The molecule has 1 unspecified atom stereocenters. The highest BCUT2D eigenvalue weighted by atomic mass is 35.5. The van der Waals surface area contributed by atoms with E-state index in [0.29, 0.717) is 10.7 Å². The van der Waals surface area contributed by atoms with Gasteiger partial charge in [-0.25, -0.2) is 9.69 Å². The van der Waals surface area contributed by atoms with Crippen LogP contribution in [0, 0.1) is 0 Å². The summed E-state index contributed by atoms with van der Waals surface area (Å²) in [6.07, 6.45) is -1.38. The van der Waals surface area contributed by atoms with Gasteiger partial charge < -0.3 is 4.74 Å². The fourth-order valence-corrected chi connectivity index (χ4v) is 1.56. The quantitative estimate of drug-likeness (QED) is 0.736. The number of carbonyl (C=O) groups is 2. The van der Waals surface area contributed by atoms with Crippen molar-refractivity contribution in [2.24, 2.45) is 0 Å². The number of ether oxygens (including phenoxy) is 1. The summed E-state index contributed by atoms with van der Waals surface area (Å²) in [5.41, 5.74) is 0.432. The van der Waals surface area contributed by atoms with Crippen LogP contribution >= 0.6 is 11.6 Å². The fourth-order valence-electron chi connectivity index (χ4n) is 1.37. The molecule has 1 aliphatic rings. The first kappa shape index (κ1) is 9.98. The minimum absolute atomic E-state index is 0.373. The van der Waals surface area contributed by atoms with Gasteiger partial charge in [-0.3, -0.25) is 4.79 Å². The molecule has 15 heavy (non-hydrogen) atoms. The van der Waals surface area contributed by atoms with Crippen molar-refractivity contribution in [3.8, 4) is 0 Å². The Morgan fingerprint density at radius 2 is 2.13 bits per heavy atom. The monoisotopic (exact) mass is 225 g/mol. The van der Waals surface area contributed by atoms with E-state index < -0.39 is 12.2 Å². The average Bonchev–Trinajstić information content (AvgIpc) is 2.41. The molecule has 1 fully saturated rings. The fraction of sp³-hybridized carbons (Fsp3) is 0.200. The number of imide groups is 1. The summed E-state index contributed by atoms with van der Waals surface area (Å²) in [6, 6.07) is 6.50. The Labute approximate surface area is 91.4 Å². The minimum Gasteiger partial charge on any atom is -0.436 e. The average molecular weight is 226 g/mol. The Bertz CT molecular complexity index is 432. The van der Waals surface area contributed by atoms with E-state index in [9.17, 15) is 9.59 Å². The Balaban J connectivity index is 2.39. The zero-order chi connectivity index (χ0) is 11.0. The summed E-state index contributed by atoms with van der Waals surface area (Å²) in [5.74, 6) is -0.373. The maximum Gasteiger partial charge on any atom is 0.422 e. The highest BCUT2D eigenvalue weighted by molar-refractivity contribution is 6.31. The normalized spacial score (nSPS) is 20.7. The predicted molar refractivity (Wildman–Crippen MR) is 54.9 cm³/mol. The summed E-state index contributed by atoms with van der Waals surface area (Å²) in [4.78, 5) is 23.9. The zero-order valence-corrected chi connectivity index (χ0v) is 8.69. The SMILES string of the molecule is CC1OC(=O)N(c2cccc(Cl)c2)C1=O. The van der Waals surface area contributed by atoms with E-state index in [1.54, 1.807) is 24.3 Å². The topological polar surface area (TPSA) is 46.6 Å². The Kier molecular flexibility index (Phi) is 2.36. The third-order valence-electron chi connectivity index (χ3n) is 2.09. The molecular formula is C10H8ClNO3. The van der Waals surface area contributed by atoms with Crippen LogP contribution in [-0.4, -0.2) is 18.1 Å². The molecule has 2 rings (SSSR count). The van der Waals surface area contributed by atoms with E-state index in [0.717, 1.165) is 4.90 Å². The van der Waals surface area contributed by atoms with Crippen LogP contribution in [-0.2, 0) is 9.53 Å². The van der Waals surface area contributed by atoms with E-state index in [1.807, 2.05) is 0 Å². The summed E-state index contributed by atoms with van der Waals surface area (Å²) >= 11 is 5.77. The lowest BCUT2D eigenvalue weighted by Crippen LogP contribution is -2.30. The number of nitrogens with zero attached hydrogens (tertiary/aromatic N) is 1. The lowest BCUT2D eigenvalue weighted by atomic mass is 10.3. The molecule has 4 nitrogen and oxygen atoms in total. The number of anilines is 1. The molecule has 0 spiro atoms. The largest absolute Gasteiger partial charge is 0.436 e. The maximum atomic E-state index is 11.6. The summed E-state index contributed by atoms with van der Waals surface area (Å²) < 4.78 is 4.77. The molecule has 1 heterocycles. The van der Waals surface area contributed by atoms with Crippen LogP contribution in [0.2, 0.25) is 5.02 Å². The van der Waals surface area contributed by atoms with Gasteiger partial charge in [0.25, 0.3) is 5.91 Å². The zero-order valence-electron chi connectivity index (χ0n) is 7.94. The third-order valence-corrected chi connectivity index (χ3v) is 2.33. The van der Waals surface area contributed by atoms with Crippen molar-refractivity contribution in [2.75, 3.05) is 4.90 Å². The molecule has 0 radical (unpaired) electrons. The summed E-state index contributed by atoms with van der Waals surface area (Å²) in [7, 11) is 0. The van der Waals surface area contributed by atoms with Crippen LogP contribution in [0.15, 0.2) is 24.3 Å². The third kappa shape index (κ3) is 1.68. The minimum atomic E-state index is -0.725. The van der Waals surface area contributed by atoms with E-state index in [4.69, 9.17) is 16.3 Å². The molecule has 5 heteroatoms. The van der Waals surface area contributed by atoms with Crippen molar-refractivity contribution < 1.29 is 14.3 Å². The van der Waals surface area contributed by atoms with Gasteiger partial charge in [-0.1, -0.05) is 17.7 Å². The maximum absolute atomic E-state index is 11.6. The van der Waals surface area contributed by atoms with Crippen LogP contribution in [0.5, 0.6) is 0 Å². The van der Waals surface area contributed by atoms with Crippen LogP contribution in [0.25, 0.3) is 0 Å². The lowest BCUT2D eigenvalue weighted by molar-refractivity contribution is -0.121. The molecule has 0 aliphatic carbocycles. The molecule has 1 aromatic rings. The second-order valence-electron chi connectivity index (χ2n) is 3.18. The standard InChI is InChI=1S/C10H8ClNO3/c1-6-9(13)12(10(14)15-6)8-4-2-3-7(11)5-8/h2-6H,1H3. The molecule has 1 saturated heterocycles. The number of hydrogen-bond acceptors (Lipinski definition) is 3. The first-order chi connectivity index (χ1) is 7.09. The molecule has 2 amide bonds. The van der Waals surface area contributed by atoms with Crippen molar-refractivity contribution in [3.05, 3.63) is 29.3 Å². The number of amides is 2. The molecule has 0 aromatic heterocycles. The lowest BCUT2D eigenvalue weighted by Gasteiger charge is -2.10. The number of halogens is 1. The number of carbonyl (C=O) groups excluding carboxylic acids is 2. The second kappa shape index (κ2) is 3.55. The molecule has 0 N–H and O–H groups in total. The molecule has 1 atom stereocenters. The van der Waals surface area contributed by atoms with Gasteiger partial charge in [0, 0.05) is 5.02 Å². The first-order valence-electron chi connectivity index (χ1n) is 4.40. The van der Waals surface area contributed by atoms with Gasteiger partial charge in [-0.15, -0.1) is 0 Å². The highest BCUT2D eigenvalue weighted by Gasteiger charge is 2.38. The molecule has 0 bridgehead atoms. The van der Waals surface area contributed by atoms with Gasteiger partial charge in [0.1, 0.15) is 0 Å². The van der Waals surface area contributed by atoms with Gasteiger partial charge in [-0.05, 0) is 25.1 Å². The molecule has 1 aliphatic heterocycles. The summed E-state index contributed by atoms with van der Waals surface area (Å²) in [5, 5.41) is 0.465. The van der Waals surface area contributed by atoms with Gasteiger partial charge >= 0.3 is 6.09 Å².